The molecule has 1 atom stereocenters. The fraction of sp³-hybridized carbons (Fsp3) is 0.692. The Hall–Kier alpha value is -0.0900. The molecular formula is C13H18ClNOS. The van der Waals surface area contributed by atoms with Crippen LogP contribution in [0.4, 0.5) is 0 Å². The van der Waals surface area contributed by atoms with Gasteiger partial charge in [-0.1, -0.05) is 30.9 Å². The maximum atomic E-state index is 6.40. The molecule has 2 aliphatic rings. The van der Waals surface area contributed by atoms with Crippen molar-refractivity contribution in [1.82, 2.24) is 5.32 Å². The van der Waals surface area contributed by atoms with E-state index in [9.17, 15) is 0 Å². The van der Waals surface area contributed by atoms with Crippen molar-refractivity contribution < 1.29 is 4.74 Å². The van der Waals surface area contributed by atoms with E-state index in [4.69, 9.17) is 16.3 Å². The van der Waals surface area contributed by atoms with Gasteiger partial charge in [-0.25, -0.2) is 0 Å². The molecule has 0 bridgehead atoms. The molecule has 1 aromatic heterocycles. The van der Waals surface area contributed by atoms with Gasteiger partial charge in [0.15, 0.2) is 0 Å². The molecule has 1 spiro atoms. The monoisotopic (exact) mass is 271 g/mol. The van der Waals surface area contributed by atoms with Crippen molar-refractivity contribution in [2.45, 2.75) is 43.8 Å². The molecular weight excluding hydrogens is 254 g/mol. The van der Waals surface area contributed by atoms with Crippen LogP contribution in [0.3, 0.4) is 0 Å². The number of ether oxygens (including phenoxy) is 1. The maximum absolute atomic E-state index is 6.40. The highest BCUT2D eigenvalue weighted by atomic mass is 35.5. The zero-order chi connectivity index (χ0) is 11.7. The second-order valence-corrected chi connectivity index (χ2v) is 6.71. The van der Waals surface area contributed by atoms with E-state index in [-0.39, 0.29) is 11.7 Å². The summed E-state index contributed by atoms with van der Waals surface area (Å²) in [5.74, 6) is 0. The van der Waals surface area contributed by atoms with Crippen LogP contribution in [0.5, 0.6) is 0 Å². The molecule has 17 heavy (non-hydrogen) atoms. The lowest BCUT2D eigenvalue weighted by atomic mass is 9.83. The molecule has 3 rings (SSSR count). The van der Waals surface area contributed by atoms with Gasteiger partial charge in [-0.2, -0.15) is 0 Å². The van der Waals surface area contributed by atoms with Crippen LogP contribution in [0, 0.1) is 0 Å². The SMILES string of the molecule is Clc1cc(C2CNCC3(CCCCC3)O2)cs1. The molecule has 94 valence electrons. The first-order valence-corrected chi connectivity index (χ1v) is 7.66. The van der Waals surface area contributed by atoms with Crippen molar-refractivity contribution in [2.75, 3.05) is 13.1 Å². The summed E-state index contributed by atoms with van der Waals surface area (Å²) in [6.07, 6.45) is 6.56. The van der Waals surface area contributed by atoms with Crippen molar-refractivity contribution >= 4 is 22.9 Å². The number of thiophene rings is 1. The molecule has 4 heteroatoms. The maximum Gasteiger partial charge on any atom is 0.0965 e. The standard InChI is InChI=1S/C13H18ClNOS/c14-12-6-10(8-17-12)11-7-15-9-13(16-11)4-2-1-3-5-13/h6,8,11,15H,1-5,7,9H2. The zero-order valence-corrected chi connectivity index (χ0v) is 11.4. The van der Waals surface area contributed by atoms with Gasteiger partial charge in [-0.05, 0) is 29.9 Å². The largest absolute Gasteiger partial charge is 0.364 e. The van der Waals surface area contributed by atoms with Crippen molar-refractivity contribution in [3.05, 3.63) is 21.3 Å². The van der Waals surface area contributed by atoms with Gasteiger partial charge in [0.25, 0.3) is 0 Å². The number of hydrogen-bond donors (Lipinski definition) is 1. The van der Waals surface area contributed by atoms with Gasteiger partial charge < -0.3 is 10.1 Å². The van der Waals surface area contributed by atoms with E-state index in [1.807, 2.05) is 6.07 Å². The summed E-state index contributed by atoms with van der Waals surface area (Å²) in [7, 11) is 0. The summed E-state index contributed by atoms with van der Waals surface area (Å²) in [6, 6.07) is 2.04. The van der Waals surface area contributed by atoms with Gasteiger partial charge in [-0.3, -0.25) is 0 Å². The van der Waals surface area contributed by atoms with Crippen LogP contribution in [0.15, 0.2) is 11.4 Å². The quantitative estimate of drug-likeness (QED) is 0.840. The highest BCUT2D eigenvalue weighted by Crippen LogP contribution is 2.39. The second-order valence-electron chi connectivity index (χ2n) is 5.17. The Balaban J connectivity index is 1.74. The molecule has 1 aromatic rings. The minimum Gasteiger partial charge on any atom is -0.364 e. The molecule has 0 radical (unpaired) electrons. The van der Waals surface area contributed by atoms with E-state index >= 15 is 0 Å². The lowest BCUT2D eigenvalue weighted by Crippen LogP contribution is -2.51. The Morgan fingerprint density at radius 3 is 2.88 bits per heavy atom. The summed E-state index contributed by atoms with van der Waals surface area (Å²) in [5.41, 5.74) is 1.33. The summed E-state index contributed by atoms with van der Waals surface area (Å²) in [5, 5.41) is 5.66. The molecule has 1 N–H and O–H groups in total. The molecule has 1 saturated carbocycles. The molecule has 2 nitrogen and oxygen atoms in total. The van der Waals surface area contributed by atoms with Crippen LogP contribution in [-0.2, 0) is 4.74 Å². The minimum atomic E-state index is 0.0928. The molecule has 0 amide bonds. The second kappa shape index (κ2) is 4.88. The Bertz CT molecular complexity index is 381. The predicted octanol–water partition coefficient (Wildman–Crippen LogP) is 3.77. The van der Waals surface area contributed by atoms with Gasteiger partial charge in [0.2, 0.25) is 0 Å². The third kappa shape index (κ3) is 2.53. The average Bonchev–Trinajstić information content (AvgIpc) is 2.77. The summed E-state index contributed by atoms with van der Waals surface area (Å²) in [6.45, 7) is 1.93. The van der Waals surface area contributed by atoms with Gasteiger partial charge in [0, 0.05) is 13.1 Å². The average molecular weight is 272 g/mol. The first kappa shape index (κ1) is 12.0. The Kier molecular flexibility index (Phi) is 3.44. The van der Waals surface area contributed by atoms with Gasteiger partial charge in [0.1, 0.15) is 0 Å². The molecule has 0 aromatic carbocycles. The number of hydrogen-bond acceptors (Lipinski definition) is 3. The normalized spacial score (nSPS) is 28.4. The lowest BCUT2D eigenvalue weighted by molar-refractivity contribution is -0.135. The lowest BCUT2D eigenvalue weighted by Gasteiger charge is -2.44. The molecule has 1 aliphatic carbocycles. The fourth-order valence-electron chi connectivity index (χ4n) is 2.99. The number of nitrogens with one attached hydrogen (secondary N) is 1. The first-order valence-electron chi connectivity index (χ1n) is 6.40. The van der Waals surface area contributed by atoms with Crippen LogP contribution < -0.4 is 5.32 Å². The summed E-state index contributed by atoms with van der Waals surface area (Å²) < 4.78 is 7.25. The van der Waals surface area contributed by atoms with E-state index in [2.05, 4.69) is 10.7 Å². The Morgan fingerprint density at radius 2 is 2.18 bits per heavy atom. The Labute approximate surface area is 111 Å². The minimum absolute atomic E-state index is 0.0928. The van der Waals surface area contributed by atoms with Crippen molar-refractivity contribution in [2.24, 2.45) is 0 Å². The molecule has 1 unspecified atom stereocenters. The van der Waals surface area contributed by atoms with E-state index in [0.717, 1.165) is 17.4 Å². The van der Waals surface area contributed by atoms with Crippen LogP contribution in [0.1, 0.15) is 43.8 Å². The van der Waals surface area contributed by atoms with Crippen LogP contribution in [0.2, 0.25) is 4.34 Å². The number of morpholine rings is 1. The van der Waals surface area contributed by atoms with Crippen LogP contribution in [-0.4, -0.2) is 18.7 Å². The van der Waals surface area contributed by atoms with Gasteiger partial charge in [-0.15, -0.1) is 11.3 Å². The first-order chi connectivity index (χ1) is 8.27. The molecule has 2 fully saturated rings. The summed E-state index contributed by atoms with van der Waals surface area (Å²) >= 11 is 7.59. The zero-order valence-electron chi connectivity index (χ0n) is 9.88. The third-order valence-electron chi connectivity index (χ3n) is 3.89. The molecule has 1 aliphatic heterocycles. The van der Waals surface area contributed by atoms with E-state index < -0.39 is 0 Å². The van der Waals surface area contributed by atoms with E-state index in [1.165, 1.54) is 37.7 Å². The van der Waals surface area contributed by atoms with Crippen molar-refractivity contribution in [3.8, 4) is 0 Å². The number of rotatable bonds is 1. The predicted molar refractivity (Wildman–Crippen MR) is 71.8 cm³/mol. The van der Waals surface area contributed by atoms with E-state index in [1.54, 1.807) is 11.3 Å². The van der Waals surface area contributed by atoms with Crippen LogP contribution >= 0.6 is 22.9 Å². The highest BCUT2D eigenvalue weighted by molar-refractivity contribution is 7.14. The van der Waals surface area contributed by atoms with Gasteiger partial charge >= 0.3 is 0 Å². The smallest absolute Gasteiger partial charge is 0.0965 e. The molecule has 1 saturated heterocycles. The Morgan fingerprint density at radius 1 is 1.35 bits per heavy atom. The molecule has 2 heterocycles. The third-order valence-corrected chi connectivity index (χ3v) is 5.00. The van der Waals surface area contributed by atoms with Crippen molar-refractivity contribution in [1.29, 1.82) is 0 Å². The topological polar surface area (TPSA) is 21.3 Å². The van der Waals surface area contributed by atoms with Crippen LogP contribution in [0.25, 0.3) is 0 Å². The van der Waals surface area contributed by atoms with E-state index in [0.29, 0.717) is 0 Å². The number of halogens is 1. The fourth-order valence-corrected chi connectivity index (χ4v) is 3.92. The van der Waals surface area contributed by atoms with Crippen molar-refractivity contribution in [3.63, 3.8) is 0 Å². The highest BCUT2D eigenvalue weighted by Gasteiger charge is 2.38. The van der Waals surface area contributed by atoms with Gasteiger partial charge in [0.05, 0.1) is 16.0 Å². The summed E-state index contributed by atoms with van der Waals surface area (Å²) in [4.78, 5) is 0.